The lowest BCUT2D eigenvalue weighted by molar-refractivity contribution is -0.161. The van der Waals surface area contributed by atoms with Gasteiger partial charge in [0.15, 0.2) is 12.2 Å². The number of aliphatic hydroxyl groups is 1. The zero-order chi connectivity index (χ0) is 62.0. The molecule has 498 valence electrons. The Morgan fingerprint density at radius 3 is 0.845 bits per heavy atom. The minimum Gasteiger partial charge on any atom is -0.462 e. The number of hydrogen-bond acceptors (Lipinski definition) is 15. The topological polar surface area (TPSA) is 237 Å². The first kappa shape index (κ1) is 82.1. The molecule has 3 N–H and O–H groups in total. The summed E-state index contributed by atoms with van der Waals surface area (Å²) in [5, 5.41) is 10.5. The second kappa shape index (κ2) is 58.7. The Bertz CT molecular complexity index is 1640. The number of aliphatic hydroxyl groups excluding tert-OH is 1. The standard InChI is InChI=1S/C65H126O17P2/c1-6-10-13-16-18-20-21-22-23-24-25-26-27-28-29-30-31-32-34-41-46-51-65(70)82-61(55-76-63(68)49-44-39-36-35-38-42-47-58(5)9-4)57-80-84(73,74)78-53-59(66)52-77-83(71,72)79-56-60(54-75-62(67)48-43-37-15-12-8-3)81-64(69)50-45-40-33-19-17-14-11-7-2/h58-61,66H,6-57H2,1-5H3,(H,71,72)(H,73,74)/t58?,59-,60+,61+/m0/s1. The minimum atomic E-state index is -4.94. The highest BCUT2D eigenvalue weighted by molar-refractivity contribution is 7.47. The molecular weight excluding hydrogens is 1110 g/mol. The van der Waals surface area contributed by atoms with E-state index in [0.29, 0.717) is 25.7 Å². The summed E-state index contributed by atoms with van der Waals surface area (Å²) in [6, 6.07) is 0. The van der Waals surface area contributed by atoms with E-state index in [2.05, 4.69) is 34.6 Å². The lowest BCUT2D eigenvalue weighted by atomic mass is 10.00. The lowest BCUT2D eigenvalue weighted by Gasteiger charge is -2.21. The average molecular weight is 1240 g/mol. The molecule has 0 aromatic heterocycles. The van der Waals surface area contributed by atoms with Crippen LogP contribution in [0.15, 0.2) is 0 Å². The van der Waals surface area contributed by atoms with Crippen LogP contribution in [0.2, 0.25) is 0 Å². The van der Waals surface area contributed by atoms with Crippen LogP contribution in [0.4, 0.5) is 0 Å². The van der Waals surface area contributed by atoms with E-state index in [9.17, 15) is 43.2 Å². The number of rotatable bonds is 65. The number of phosphoric acid groups is 2. The van der Waals surface area contributed by atoms with Crippen LogP contribution in [-0.4, -0.2) is 96.7 Å². The predicted octanol–water partition coefficient (Wildman–Crippen LogP) is 18.2. The summed E-state index contributed by atoms with van der Waals surface area (Å²) in [7, 11) is -9.87. The van der Waals surface area contributed by atoms with Crippen LogP contribution in [0.3, 0.4) is 0 Å². The summed E-state index contributed by atoms with van der Waals surface area (Å²) < 4.78 is 67.7. The van der Waals surface area contributed by atoms with Crippen molar-refractivity contribution in [2.75, 3.05) is 39.6 Å². The Morgan fingerprint density at radius 1 is 0.333 bits per heavy atom. The summed E-state index contributed by atoms with van der Waals surface area (Å²) in [6.07, 6.45) is 43.8. The maximum absolute atomic E-state index is 13.0. The first-order valence-corrected chi connectivity index (χ1v) is 37.2. The fraction of sp³-hybridized carbons (Fsp3) is 0.938. The van der Waals surface area contributed by atoms with Gasteiger partial charge in [0.1, 0.15) is 19.3 Å². The number of ether oxygens (including phenoxy) is 4. The number of carbonyl (C=O) groups is 4. The molecular formula is C65H126O17P2. The average Bonchev–Trinajstić information content (AvgIpc) is 3.47. The van der Waals surface area contributed by atoms with Crippen molar-refractivity contribution in [2.45, 2.75) is 348 Å². The summed E-state index contributed by atoms with van der Waals surface area (Å²) in [4.78, 5) is 71.9. The molecule has 0 aliphatic rings. The zero-order valence-electron chi connectivity index (χ0n) is 54.0. The fourth-order valence-corrected chi connectivity index (χ4v) is 11.3. The zero-order valence-corrected chi connectivity index (χ0v) is 55.8. The Morgan fingerprint density at radius 2 is 0.571 bits per heavy atom. The van der Waals surface area contributed by atoms with Gasteiger partial charge in [-0.2, -0.15) is 0 Å². The van der Waals surface area contributed by atoms with Crippen LogP contribution in [0, 0.1) is 5.92 Å². The molecule has 0 aliphatic carbocycles. The van der Waals surface area contributed by atoms with Gasteiger partial charge in [0.25, 0.3) is 0 Å². The smallest absolute Gasteiger partial charge is 0.462 e. The summed E-state index contributed by atoms with van der Waals surface area (Å²) in [5.41, 5.74) is 0. The van der Waals surface area contributed by atoms with E-state index < -0.39 is 97.5 Å². The fourth-order valence-electron chi connectivity index (χ4n) is 9.73. The van der Waals surface area contributed by atoms with Crippen molar-refractivity contribution in [1.82, 2.24) is 0 Å². The molecule has 6 atom stereocenters. The molecule has 17 nitrogen and oxygen atoms in total. The molecule has 0 rings (SSSR count). The Hall–Kier alpha value is -1.94. The van der Waals surface area contributed by atoms with Crippen molar-refractivity contribution in [2.24, 2.45) is 5.92 Å². The van der Waals surface area contributed by atoms with Gasteiger partial charge in [0, 0.05) is 25.7 Å². The Balaban J connectivity index is 5.06. The van der Waals surface area contributed by atoms with Crippen molar-refractivity contribution in [3.63, 3.8) is 0 Å². The molecule has 0 aromatic carbocycles. The normalized spacial score (nSPS) is 14.5. The molecule has 0 bridgehead atoms. The van der Waals surface area contributed by atoms with Crippen LogP contribution in [0.5, 0.6) is 0 Å². The molecule has 0 saturated carbocycles. The number of esters is 4. The monoisotopic (exact) mass is 1240 g/mol. The van der Waals surface area contributed by atoms with Gasteiger partial charge in [-0.25, -0.2) is 9.13 Å². The molecule has 0 amide bonds. The summed E-state index contributed by atoms with van der Waals surface area (Å²) in [6.45, 7) is 7.04. The third kappa shape index (κ3) is 57.8. The molecule has 0 aliphatic heterocycles. The molecule has 0 spiro atoms. The van der Waals surface area contributed by atoms with Gasteiger partial charge in [-0.05, 0) is 31.6 Å². The first-order chi connectivity index (χ1) is 40.6. The Kier molecular flexibility index (Phi) is 57.4. The van der Waals surface area contributed by atoms with Crippen molar-refractivity contribution < 1.29 is 80.2 Å². The third-order valence-electron chi connectivity index (χ3n) is 15.4. The number of phosphoric ester groups is 2. The van der Waals surface area contributed by atoms with Crippen molar-refractivity contribution >= 4 is 39.5 Å². The van der Waals surface area contributed by atoms with Crippen LogP contribution < -0.4 is 0 Å². The highest BCUT2D eigenvalue weighted by Gasteiger charge is 2.30. The maximum atomic E-state index is 13.0. The molecule has 0 radical (unpaired) electrons. The van der Waals surface area contributed by atoms with Gasteiger partial charge < -0.3 is 33.8 Å². The summed E-state index contributed by atoms with van der Waals surface area (Å²) in [5.74, 6) is -1.42. The summed E-state index contributed by atoms with van der Waals surface area (Å²) >= 11 is 0. The molecule has 84 heavy (non-hydrogen) atoms. The molecule has 0 heterocycles. The molecule has 0 aromatic rings. The molecule has 3 unspecified atom stereocenters. The van der Waals surface area contributed by atoms with E-state index in [1.165, 1.54) is 135 Å². The van der Waals surface area contributed by atoms with Gasteiger partial charge in [-0.3, -0.25) is 37.3 Å². The van der Waals surface area contributed by atoms with Gasteiger partial charge >= 0.3 is 39.5 Å². The van der Waals surface area contributed by atoms with E-state index >= 15 is 0 Å². The molecule has 0 saturated heterocycles. The SMILES string of the molecule is CCCCCCCCCCCCCCCCCCCCCCCC(=O)O[C@H](COC(=O)CCCCCCCCC(C)CC)COP(=O)(O)OC[C@@H](O)COP(=O)(O)OC[C@@H](COC(=O)CCCCCCC)OC(=O)CCCCCCCCCC. The Labute approximate surface area is 511 Å². The van der Waals surface area contributed by atoms with Crippen LogP contribution >= 0.6 is 15.6 Å². The number of hydrogen-bond donors (Lipinski definition) is 3. The minimum absolute atomic E-state index is 0.104. The second-order valence-corrected chi connectivity index (χ2v) is 26.7. The van der Waals surface area contributed by atoms with Gasteiger partial charge in [0.2, 0.25) is 0 Å². The highest BCUT2D eigenvalue weighted by atomic mass is 31.2. The van der Waals surface area contributed by atoms with Crippen LogP contribution in [-0.2, 0) is 65.4 Å². The largest absolute Gasteiger partial charge is 0.472 e. The van der Waals surface area contributed by atoms with Gasteiger partial charge in [0.05, 0.1) is 26.4 Å². The van der Waals surface area contributed by atoms with E-state index in [1.807, 2.05) is 0 Å². The predicted molar refractivity (Wildman–Crippen MR) is 335 cm³/mol. The molecule has 0 fully saturated rings. The highest BCUT2D eigenvalue weighted by Crippen LogP contribution is 2.45. The van der Waals surface area contributed by atoms with Crippen molar-refractivity contribution in [3.8, 4) is 0 Å². The number of unbranched alkanes of at least 4 members (excludes halogenated alkanes) is 36. The van der Waals surface area contributed by atoms with Crippen LogP contribution in [0.1, 0.15) is 330 Å². The second-order valence-electron chi connectivity index (χ2n) is 23.7. The quantitative estimate of drug-likeness (QED) is 0.0222. The van der Waals surface area contributed by atoms with E-state index in [-0.39, 0.29) is 25.7 Å². The van der Waals surface area contributed by atoms with Gasteiger partial charge in [-0.1, -0.05) is 279 Å². The van der Waals surface area contributed by atoms with Crippen molar-refractivity contribution in [3.05, 3.63) is 0 Å². The van der Waals surface area contributed by atoms with E-state index in [4.69, 9.17) is 37.0 Å². The third-order valence-corrected chi connectivity index (χ3v) is 17.3. The number of carbonyl (C=O) groups excluding carboxylic acids is 4. The lowest BCUT2D eigenvalue weighted by Crippen LogP contribution is -2.30. The van der Waals surface area contributed by atoms with Gasteiger partial charge in [-0.15, -0.1) is 0 Å². The van der Waals surface area contributed by atoms with E-state index in [1.54, 1.807) is 0 Å². The van der Waals surface area contributed by atoms with E-state index in [0.717, 1.165) is 115 Å². The molecule has 19 heteroatoms. The van der Waals surface area contributed by atoms with Crippen molar-refractivity contribution in [1.29, 1.82) is 0 Å². The first-order valence-electron chi connectivity index (χ1n) is 34.2. The maximum Gasteiger partial charge on any atom is 0.472 e. The van der Waals surface area contributed by atoms with Crippen LogP contribution in [0.25, 0.3) is 0 Å².